The molecule has 0 aliphatic rings. The highest BCUT2D eigenvalue weighted by Crippen LogP contribution is 2.25. The molecule has 0 radical (unpaired) electrons. The molecule has 0 saturated carbocycles. The average Bonchev–Trinajstić information content (AvgIpc) is 2.99. The zero-order valence-electron chi connectivity index (χ0n) is 14.3. The van der Waals surface area contributed by atoms with Crippen LogP contribution in [0.15, 0.2) is 64.8 Å². The molecule has 4 nitrogen and oxygen atoms in total. The van der Waals surface area contributed by atoms with E-state index in [2.05, 4.69) is 32.6 Å². The largest absolute Gasteiger partial charge is 0.462 e. The number of hydrogen-bond acceptors (Lipinski definition) is 3. The third kappa shape index (κ3) is 3.87. The van der Waals surface area contributed by atoms with Crippen LogP contribution in [-0.2, 0) is 16.1 Å². The van der Waals surface area contributed by atoms with E-state index in [0.717, 1.165) is 26.5 Å². The smallest absolute Gasteiger partial charge is 0.348 e. The van der Waals surface area contributed by atoms with E-state index in [-0.39, 0.29) is 12.2 Å². The van der Waals surface area contributed by atoms with E-state index in [0.29, 0.717) is 6.54 Å². The predicted octanol–water partition coefficient (Wildman–Crippen LogP) is 4.92. The van der Waals surface area contributed by atoms with Crippen LogP contribution in [0.5, 0.6) is 0 Å². The Hall–Kier alpha value is -2.84. The van der Waals surface area contributed by atoms with Gasteiger partial charge in [0.25, 0.3) is 0 Å². The summed E-state index contributed by atoms with van der Waals surface area (Å²) in [6.45, 7) is 2.66. The zero-order valence-corrected chi connectivity index (χ0v) is 15.9. The van der Waals surface area contributed by atoms with Crippen molar-refractivity contribution in [3.8, 4) is 6.07 Å². The Morgan fingerprint density at radius 3 is 2.65 bits per heavy atom. The van der Waals surface area contributed by atoms with Crippen molar-refractivity contribution >= 4 is 38.9 Å². The Balaban J connectivity index is 2.03. The molecule has 0 atom stereocenters. The Morgan fingerprint density at radius 1 is 1.23 bits per heavy atom. The molecule has 3 aromatic rings. The summed E-state index contributed by atoms with van der Waals surface area (Å²) in [5.74, 6) is -0.597. The molecule has 0 fully saturated rings. The van der Waals surface area contributed by atoms with Crippen LogP contribution in [-0.4, -0.2) is 17.1 Å². The number of aromatic nitrogens is 1. The van der Waals surface area contributed by atoms with Crippen molar-refractivity contribution in [2.45, 2.75) is 13.5 Å². The van der Waals surface area contributed by atoms with Crippen molar-refractivity contribution in [1.82, 2.24) is 4.57 Å². The molecule has 1 aromatic heterocycles. The van der Waals surface area contributed by atoms with Crippen molar-refractivity contribution in [2.75, 3.05) is 6.61 Å². The lowest BCUT2D eigenvalue weighted by atomic mass is 10.1. The number of esters is 1. The fraction of sp³-hybridized carbons (Fsp3) is 0.143. The van der Waals surface area contributed by atoms with E-state index >= 15 is 0 Å². The van der Waals surface area contributed by atoms with Gasteiger partial charge >= 0.3 is 5.97 Å². The number of carbonyl (C=O) groups excluding carboxylic acids is 1. The van der Waals surface area contributed by atoms with E-state index < -0.39 is 5.97 Å². The lowest BCUT2D eigenvalue weighted by Crippen LogP contribution is -2.05. The Morgan fingerprint density at radius 2 is 1.96 bits per heavy atom. The molecule has 5 heteroatoms. The maximum atomic E-state index is 11.9. The zero-order chi connectivity index (χ0) is 18.5. The first-order valence-electron chi connectivity index (χ1n) is 8.23. The monoisotopic (exact) mass is 408 g/mol. The Kier molecular flexibility index (Phi) is 5.55. The lowest BCUT2D eigenvalue weighted by molar-refractivity contribution is -0.137. The first kappa shape index (κ1) is 18.0. The topological polar surface area (TPSA) is 55.0 Å². The van der Waals surface area contributed by atoms with Gasteiger partial charge in [0.15, 0.2) is 0 Å². The van der Waals surface area contributed by atoms with Crippen LogP contribution < -0.4 is 0 Å². The maximum Gasteiger partial charge on any atom is 0.348 e. The molecular formula is C21H17BrN2O2. The highest BCUT2D eigenvalue weighted by Gasteiger charge is 2.13. The van der Waals surface area contributed by atoms with E-state index in [4.69, 9.17) is 4.74 Å². The van der Waals surface area contributed by atoms with Crippen LogP contribution in [0.4, 0.5) is 0 Å². The maximum absolute atomic E-state index is 11.9. The minimum Gasteiger partial charge on any atom is -0.462 e. The number of benzene rings is 2. The molecule has 0 N–H and O–H groups in total. The van der Waals surface area contributed by atoms with Gasteiger partial charge in [0.05, 0.1) is 6.61 Å². The van der Waals surface area contributed by atoms with Gasteiger partial charge in [-0.3, -0.25) is 0 Å². The minimum absolute atomic E-state index is 0.00149. The van der Waals surface area contributed by atoms with E-state index in [1.165, 1.54) is 0 Å². The van der Waals surface area contributed by atoms with Gasteiger partial charge in [-0.1, -0.05) is 46.3 Å². The summed E-state index contributed by atoms with van der Waals surface area (Å²) in [5, 5.41) is 10.3. The number of para-hydroxylation sites is 1. The molecule has 0 aliphatic carbocycles. The van der Waals surface area contributed by atoms with Crippen LogP contribution in [0.25, 0.3) is 17.0 Å². The normalized spacial score (nSPS) is 11.3. The molecule has 0 spiro atoms. The van der Waals surface area contributed by atoms with Gasteiger partial charge in [0.1, 0.15) is 11.6 Å². The van der Waals surface area contributed by atoms with Crippen molar-refractivity contribution < 1.29 is 9.53 Å². The number of hydrogen-bond donors (Lipinski definition) is 0. The average molecular weight is 409 g/mol. The fourth-order valence-electron chi connectivity index (χ4n) is 2.81. The van der Waals surface area contributed by atoms with Crippen molar-refractivity contribution in [3.05, 3.63) is 75.9 Å². The summed E-state index contributed by atoms with van der Waals surface area (Å²) < 4.78 is 8.10. The first-order chi connectivity index (χ1) is 12.6. The third-order valence-corrected chi connectivity index (χ3v) is 4.53. The number of nitrogens with zero attached hydrogens (tertiary/aromatic N) is 2. The van der Waals surface area contributed by atoms with Crippen molar-refractivity contribution in [1.29, 1.82) is 5.26 Å². The second-order valence-electron chi connectivity index (χ2n) is 5.75. The fourth-order valence-corrected chi connectivity index (χ4v) is 3.07. The second kappa shape index (κ2) is 8.03. The van der Waals surface area contributed by atoms with Crippen LogP contribution >= 0.6 is 15.9 Å². The van der Waals surface area contributed by atoms with E-state index in [9.17, 15) is 10.1 Å². The molecule has 0 amide bonds. The Labute approximate surface area is 160 Å². The molecule has 3 rings (SSSR count). The SMILES string of the molecule is CCOC(=O)/C(C#N)=C/c1cn(Cc2ccc(Br)cc2)c2ccccc12. The molecule has 2 aromatic carbocycles. The van der Waals surface area contributed by atoms with Gasteiger partial charge < -0.3 is 9.30 Å². The summed E-state index contributed by atoms with van der Waals surface area (Å²) in [5.41, 5.74) is 3.03. The number of carbonyl (C=O) groups is 1. The minimum atomic E-state index is -0.597. The summed E-state index contributed by atoms with van der Waals surface area (Å²) in [6, 6.07) is 18.0. The van der Waals surface area contributed by atoms with Gasteiger partial charge in [-0.15, -0.1) is 0 Å². The van der Waals surface area contributed by atoms with Crippen LogP contribution in [0, 0.1) is 11.3 Å². The third-order valence-electron chi connectivity index (χ3n) is 4.00. The van der Waals surface area contributed by atoms with Crippen LogP contribution in [0.1, 0.15) is 18.1 Å². The van der Waals surface area contributed by atoms with Gasteiger partial charge in [0.2, 0.25) is 0 Å². The highest BCUT2D eigenvalue weighted by molar-refractivity contribution is 9.10. The van der Waals surface area contributed by atoms with Gasteiger partial charge in [-0.05, 0) is 36.8 Å². The van der Waals surface area contributed by atoms with Gasteiger partial charge in [0, 0.05) is 33.7 Å². The standard InChI is InChI=1S/C21H17BrN2O2/c1-2-26-21(25)16(12-23)11-17-14-24(20-6-4-3-5-19(17)20)13-15-7-9-18(22)10-8-15/h3-11,14H,2,13H2,1H3/b16-11+. The number of halogens is 1. The van der Waals surface area contributed by atoms with E-state index in [1.54, 1.807) is 13.0 Å². The molecule has 26 heavy (non-hydrogen) atoms. The van der Waals surface area contributed by atoms with E-state index in [1.807, 2.05) is 48.7 Å². The van der Waals surface area contributed by atoms with Gasteiger partial charge in [-0.25, -0.2) is 4.79 Å². The summed E-state index contributed by atoms with van der Waals surface area (Å²) in [6.07, 6.45) is 3.56. The molecule has 0 saturated heterocycles. The quantitative estimate of drug-likeness (QED) is 0.341. The molecule has 0 bridgehead atoms. The number of rotatable bonds is 5. The number of ether oxygens (including phenoxy) is 1. The summed E-state index contributed by atoms with van der Waals surface area (Å²) >= 11 is 3.45. The second-order valence-corrected chi connectivity index (χ2v) is 6.66. The number of fused-ring (bicyclic) bond motifs is 1. The summed E-state index contributed by atoms with van der Waals surface area (Å²) in [4.78, 5) is 11.9. The van der Waals surface area contributed by atoms with Gasteiger partial charge in [-0.2, -0.15) is 5.26 Å². The molecule has 1 heterocycles. The highest BCUT2D eigenvalue weighted by atomic mass is 79.9. The summed E-state index contributed by atoms with van der Waals surface area (Å²) in [7, 11) is 0. The van der Waals surface area contributed by atoms with Crippen molar-refractivity contribution in [3.63, 3.8) is 0 Å². The van der Waals surface area contributed by atoms with Crippen molar-refractivity contribution in [2.24, 2.45) is 0 Å². The first-order valence-corrected chi connectivity index (χ1v) is 9.03. The lowest BCUT2D eigenvalue weighted by Gasteiger charge is -2.05. The molecule has 130 valence electrons. The molecular weight excluding hydrogens is 392 g/mol. The van der Waals surface area contributed by atoms with Crippen LogP contribution in [0.3, 0.4) is 0 Å². The Bertz CT molecular complexity index is 1010. The number of nitriles is 1. The molecule has 0 aliphatic heterocycles. The molecule has 0 unspecified atom stereocenters. The van der Waals surface area contributed by atoms with Crippen LogP contribution in [0.2, 0.25) is 0 Å². The predicted molar refractivity (Wildman–Crippen MR) is 105 cm³/mol.